The van der Waals surface area contributed by atoms with E-state index in [4.69, 9.17) is 16.3 Å². The zero-order valence-corrected chi connectivity index (χ0v) is 14.0. The van der Waals surface area contributed by atoms with Crippen molar-refractivity contribution in [2.75, 3.05) is 11.9 Å². The Morgan fingerprint density at radius 3 is 2.84 bits per heavy atom. The van der Waals surface area contributed by atoms with Crippen LogP contribution in [0.5, 0.6) is 0 Å². The molecule has 1 aliphatic rings. The van der Waals surface area contributed by atoms with Gasteiger partial charge in [0.15, 0.2) is 0 Å². The van der Waals surface area contributed by atoms with Gasteiger partial charge in [-0.3, -0.25) is 0 Å². The molecule has 1 aromatic carbocycles. The summed E-state index contributed by atoms with van der Waals surface area (Å²) in [6, 6.07) is 6.27. The summed E-state index contributed by atoms with van der Waals surface area (Å²) < 4.78 is 6.88. The standard InChI is InChI=1S/C15H21BrClNO/c1-4-15(3)13(9-14(15)19-5-2)18-12-8-10(17)6-7-11(12)16/h6-8,13-14,18H,4-5,9H2,1-3H3. The van der Waals surface area contributed by atoms with Crippen molar-refractivity contribution < 1.29 is 4.74 Å². The highest BCUT2D eigenvalue weighted by Gasteiger charge is 2.51. The van der Waals surface area contributed by atoms with Crippen LogP contribution >= 0.6 is 27.5 Å². The van der Waals surface area contributed by atoms with Crippen molar-refractivity contribution in [3.8, 4) is 0 Å². The molecule has 1 aliphatic carbocycles. The third-order valence-corrected chi connectivity index (χ3v) is 5.30. The van der Waals surface area contributed by atoms with Crippen molar-refractivity contribution >= 4 is 33.2 Å². The molecule has 19 heavy (non-hydrogen) atoms. The van der Waals surface area contributed by atoms with E-state index in [1.165, 1.54) is 0 Å². The molecule has 4 heteroatoms. The van der Waals surface area contributed by atoms with E-state index in [-0.39, 0.29) is 5.41 Å². The molecule has 2 rings (SSSR count). The first-order valence-electron chi connectivity index (χ1n) is 6.84. The summed E-state index contributed by atoms with van der Waals surface area (Å²) in [5.74, 6) is 0. The maximum absolute atomic E-state index is 6.06. The molecule has 0 aliphatic heterocycles. The highest BCUT2D eigenvalue weighted by molar-refractivity contribution is 9.10. The molecule has 0 radical (unpaired) electrons. The lowest BCUT2D eigenvalue weighted by molar-refractivity contribution is -0.109. The lowest BCUT2D eigenvalue weighted by atomic mass is 9.61. The van der Waals surface area contributed by atoms with Gasteiger partial charge in [-0.2, -0.15) is 0 Å². The number of hydrogen-bond donors (Lipinski definition) is 1. The van der Waals surface area contributed by atoms with Gasteiger partial charge in [0, 0.05) is 27.6 Å². The molecule has 1 N–H and O–H groups in total. The van der Waals surface area contributed by atoms with Gasteiger partial charge < -0.3 is 10.1 Å². The lowest BCUT2D eigenvalue weighted by Crippen LogP contribution is -2.59. The molecule has 106 valence electrons. The minimum absolute atomic E-state index is 0.192. The van der Waals surface area contributed by atoms with Crippen molar-refractivity contribution in [3.63, 3.8) is 0 Å². The van der Waals surface area contributed by atoms with Crippen LogP contribution in [0.2, 0.25) is 5.02 Å². The summed E-state index contributed by atoms with van der Waals surface area (Å²) in [6.07, 6.45) is 2.52. The summed E-state index contributed by atoms with van der Waals surface area (Å²) in [6.45, 7) is 7.37. The molecule has 2 nitrogen and oxygen atoms in total. The van der Waals surface area contributed by atoms with Gasteiger partial charge in [0.05, 0.1) is 11.8 Å². The second-order valence-corrected chi connectivity index (χ2v) is 6.65. The predicted octanol–water partition coefficient (Wildman–Crippen LogP) is 5.11. The van der Waals surface area contributed by atoms with Crippen molar-refractivity contribution in [2.24, 2.45) is 5.41 Å². The number of benzene rings is 1. The first kappa shape index (κ1) is 15.1. The van der Waals surface area contributed by atoms with Gasteiger partial charge in [0.1, 0.15) is 0 Å². The Bertz CT molecular complexity index is 454. The van der Waals surface area contributed by atoms with Crippen molar-refractivity contribution in [1.29, 1.82) is 0 Å². The topological polar surface area (TPSA) is 21.3 Å². The smallest absolute Gasteiger partial charge is 0.0667 e. The van der Waals surface area contributed by atoms with Gasteiger partial charge in [-0.1, -0.05) is 25.4 Å². The van der Waals surface area contributed by atoms with E-state index < -0.39 is 0 Å². The number of anilines is 1. The van der Waals surface area contributed by atoms with E-state index in [2.05, 4.69) is 42.0 Å². The quantitative estimate of drug-likeness (QED) is 0.800. The molecular weight excluding hydrogens is 326 g/mol. The third-order valence-electron chi connectivity index (χ3n) is 4.37. The number of ether oxygens (including phenoxy) is 1. The highest BCUT2D eigenvalue weighted by Crippen LogP contribution is 2.47. The van der Waals surface area contributed by atoms with Crippen LogP contribution in [0.1, 0.15) is 33.6 Å². The second kappa shape index (κ2) is 6.02. The predicted molar refractivity (Wildman–Crippen MR) is 85.0 cm³/mol. The first-order chi connectivity index (χ1) is 9.01. The van der Waals surface area contributed by atoms with Crippen LogP contribution in [0.25, 0.3) is 0 Å². The normalized spacial score (nSPS) is 29.9. The van der Waals surface area contributed by atoms with Gasteiger partial charge >= 0.3 is 0 Å². The molecule has 0 bridgehead atoms. The number of halogens is 2. The maximum Gasteiger partial charge on any atom is 0.0667 e. The van der Waals surface area contributed by atoms with E-state index in [9.17, 15) is 0 Å². The van der Waals surface area contributed by atoms with Crippen LogP contribution < -0.4 is 5.32 Å². The Morgan fingerprint density at radius 1 is 1.47 bits per heavy atom. The average molecular weight is 347 g/mol. The van der Waals surface area contributed by atoms with Gasteiger partial charge in [0.25, 0.3) is 0 Å². The highest BCUT2D eigenvalue weighted by atomic mass is 79.9. The fraction of sp³-hybridized carbons (Fsp3) is 0.600. The largest absolute Gasteiger partial charge is 0.381 e. The number of nitrogens with one attached hydrogen (secondary N) is 1. The molecule has 0 aromatic heterocycles. The molecule has 1 saturated carbocycles. The molecule has 0 heterocycles. The van der Waals surface area contributed by atoms with Crippen molar-refractivity contribution in [3.05, 3.63) is 27.7 Å². The SMILES string of the molecule is CCOC1CC(Nc2cc(Cl)ccc2Br)C1(C)CC. The van der Waals surface area contributed by atoms with Gasteiger partial charge in [-0.15, -0.1) is 0 Å². The van der Waals surface area contributed by atoms with Crippen LogP contribution in [0, 0.1) is 5.41 Å². The lowest BCUT2D eigenvalue weighted by Gasteiger charge is -2.54. The Balaban J connectivity index is 2.10. The van der Waals surface area contributed by atoms with Crippen LogP contribution in [0.15, 0.2) is 22.7 Å². The van der Waals surface area contributed by atoms with Crippen molar-refractivity contribution in [1.82, 2.24) is 0 Å². The fourth-order valence-corrected chi connectivity index (χ4v) is 3.30. The molecule has 3 atom stereocenters. The maximum atomic E-state index is 6.06. The van der Waals surface area contributed by atoms with E-state index in [1.807, 2.05) is 18.2 Å². The fourth-order valence-electron chi connectivity index (χ4n) is 2.77. The zero-order valence-electron chi connectivity index (χ0n) is 11.7. The van der Waals surface area contributed by atoms with E-state index in [0.717, 1.165) is 34.6 Å². The Morgan fingerprint density at radius 2 is 2.21 bits per heavy atom. The van der Waals surface area contributed by atoms with Crippen LogP contribution in [-0.2, 0) is 4.74 Å². The summed E-state index contributed by atoms with van der Waals surface area (Å²) in [5, 5.41) is 4.36. The molecular formula is C15H21BrClNO. The van der Waals surface area contributed by atoms with Gasteiger partial charge in [-0.05, 0) is 53.9 Å². The minimum Gasteiger partial charge on any atom is -0.381 e. The third kappa shape index (κ3) is 2.93. The van der Waals surface area contributed by atoms with Gasteiger partial charge in [-0.25, -0.2) is 0 Å². The summed E-state index contributed by atoms with van der Waals surface area (Å²) >= 11 is 9.62. The molecule has 1 fully saturated rings. The van der Waals surface area contributed by atoms with Crippen LogP contribution in [0.3, 0.4) is 0 Å². The second-order valence-electron chi connectivity index (χ2n) is 5.36. The monoisotopic (exact) mass is 345 g/mol. The van der Waals surface area contributed by atoms with E-state index >= 15 is 0 Å². The average Bonchev–Trinajstić information content (AvgIpc) is 2.40. The summed E-state index contributed by atoms with van der Waals surface area (Å²) in [7, 11) is 0. The minimum atomic E-state index is 0.192. The van der Waals surface area contributed by atoms with Gasteiger partial charge in [0.2, 0.25) is 0 Å². The molecule has 3 unspecified atom stereocenters. The summed E-state index contributed by atoms with van der Waals surface area (Å²) in [4.78, 5) is 0. The zero-order chi connectivity index (χ0) is 14.0. The summed E-state index contributed by atoms with van der Waals surface area (Å²) in [5.41, 5.74) is 1.25. The van der Waals surface area contributed by atoms with E-state index in [1.54, 1.807) is 0 Å². The van der Waals surface area contributed by atoms with Crippen LogP contribution in [0.4, 0.5) is 5.69 Å². The number of hydrogen-bond acceptors (Lipinski definition) is 2. The van der Waals surface area contributed by atoms with Crippen LogP contribution in [-0.4, -0.2) is 18.8 Å². The van der Waals surface area contributed by atoms with Crippen molar-refractivity contribution in [2.45, 2.75) is 45.8 Å². The molecule has 0 saturated heterocycles. The van der Waals surface area contributed by atoms with E-state index in [0.29, 0.717) is 12.1 Å². The molecule has 0 amide bonds. The Kier molecular flexibility index (Phi) is 4.80. The molecule has 0 spiro atoms. The Labute approximate surface area is 129 Å². The number of rotatable bonds is 5. The first-order valence-corrected chi connectivity index (χ1v) is 8.01. The Hall–Kier alpha value is -0.250. The molecule has 1 aromatic rings.